The second-order valence-electron chi connectivity index (χ2n) is 7.65. The Morgan fingerprint density at radius 3 is 2.42 bits per heavy atom. The molecule has 1 unspecified atom stereocenters. The zero-order valence-electron chi connectivity index (χ0n) is 18.9. The summed E-state index contributed by atoms with van der Waals surface area (Å²) in [5, 5.41) is 11.4. The highest BCUT2D eigenvalue weighted by atomic mass is 127. The summed E-state index contributed by atoms with van der Waals surface area (Å²) in [5.41, 5.74) is 2.51. The number of piperidine rings is 1. The van der Waals surface area contributed by atoms with E-state index in [4.69, 9.17) is 14.5 Å². The molecular weight excluding hydrogens is 523 g/mol. The van der Waals surface area contributed by atoms with Crippen molar-refractivity contribution in [1.82, 2.24) is 10.6 Å². The molecule has 1 aliphatic rings. The van der Waals surface area contributed by atoms with E-state index in [0.29, 0.717) is 12.0 Å². The molecule has 8 heteroatoms. The summed E-state index contributed by atoms with van der Waals surface area (Å²) >= 11 is 1.74. The van der Waals surface area contributed by atoms with Gasteiger partial charge in [0.05, 0.1) is 14.2 Å². The van der Waals surface area contributed by atoms with Crippen molar-refractivity contribution in [1.29, 1.82) is 0 Å². The lowest BCUT2D eigenvalue weighted by atomic mass is 10.0. The van der Waals surface area contributed by atoms with Crippen LogP contribution in [0, 0.1) is 0 Å². The summed E-state index contributed by atoms with van der Waals surface area (Å²) < 4.78 is 10.8. The quantitative estimate of drug-likeness (QED) is 0.279. The molecule has 0 amide bonds. The number of hydrogen-bond acceptors (Lipinski definition) is 5. The van der Waals surface area contributed by atoms with Crippen LogP contribution in [0.4, 0.5) is 5.69 Å². The topological polar surface area (TPSA) is 58.1 Å². The molecule has 172 valence electrons. The van der Waals surface area contributed by atoms with E-state index in [9.17, 15) is 0 Å². The van der Waals surface area contributed by atoms with Gasteiger partial charge in [0.15, 0.2) is 5.96 Å². The van der Waals surface area contributed by atoms with Gasteiger partial charge < -0.3 is 25.0 Å². The number of ether oxygens (including phenoxy) is 2. The van der Waals surface area contributed by atoms with Gasteiger partial charge in [-0.25, -0.2) is 0 Å². The van der Waals surface area contributed by atoms with Gasteiger partial charge >= 0.3 is 0 Å². The van der Waals surface area contributed by atoms with Crippen molar-refractivity contribution in [2.45, 2.75) is 38.6 Å². The summed E-state index contributed by atoms with van der Waals surface area (Å²) in [6, 6.07) is 8.67. The second-order valence-corrected chi connectivity index (χ2v) is 8.43. The molecule has 3 rings (SSSR count). The van der Waals surface area contributed by atoms with Crippen LogP contribution in [0.15, 0.2) is 40.0 Å². The van der Waals surface area contributed by atoms with Crippen LogP contribution < -0.4 is 25.0 Å². The molecule has 0 spiro atoms. The number of benzene rings is 1. The van der Waals surface area contributed by atoms with Crippen LogP contribution in [-0.2, 0) is 0 Å². The van der Waals surface area contributed by atoms with E-state index in [1.54, 1.807) is 25.6 Å². The summed E-state index contributed by atoms with van der Waals surface area (Å²) in [7, 11) is 3.38. The molecule has 1 atom stereocenters. The summed E-state index contributed by atoms with van der Waals surface area (Å²) in [4.78, 5) is 7.23. The first-order valence-corrected chi connectivity index (χ1v) is 11.6. The molecule has 31 heavy (non-hydrogen) atoms. The molecule has 1 aromatic carbocycles. The molecular formula is C23H35IN4O2S. The Bertz CT molecular complexity index is 786. The summed E-state index contributed by atoms with van der Waals surface area (Å²) in [5.74, 6) is 2.99. The van der Waals surface area contributed by atoms with E-state index in [1.807, 2.05) is 6.07 Å². The number of rotatable bonds is 8. The number of anilines is 1. The number of thiophene rings is 1. The van der Waals surface area contributed by atoms with Crippen LogP contribution in [0.5, 0.6) is 11.5 Å². The highest BCUT2D eigenvalue weighted by Crippen LogP contribution is 2.30. The lowest BCUT2D eigenvalue weighted by Crippen LogP contribution is -2.48. The first-order valence-electron chi connectivity index (χ1n) is 10.7. The average molecular weight is 559 g/mol. The molecule has 1 saturated heterocycles. The molecule has 2 N–H and O–H groups in total. The van der Waals surface area contributed by atoms with Gasteiger partial charge in [-0.3, -0.25) is 4.99 Å². The van der Waals surface area contributed by atoms with E-state index < -0.39 is 0 Å². The standard InChI is InChI=1S/C23H34N4O2S.HI/c1-5-24-23(25-15-17(2)18-8-11-30-16-18)26-19-6-9-27(10-7-19)20-12-21(28-3)14-22(13-20)29-4;/h8,11-14,16-17,19H,5-7,9-10,15H2,1-4H3,(H2,24,25,26);1H. The average Bonchev–Trinajstić information content (AvgIpc) is 3.32. The number of hydrogen-bond donors (Lipinski definition) is 2. The Morgan fingerprint density at radius 2 is 1.87 bits per heavy atom. The molecule has 1 aromatic heterocycles. The first kappa shape index (κ1) is 25.6. The minimum Gasteiger partial charge on any atom is -0.497 e. The zero-order valence-corrected chi connectivity index (χ0v) is 22.0. The minimum absolute atomic E-state index is 0. The van der Waals surface area contributed by atoms with Crippen LogP contribution in [0.2, 0.25) is 0 Å². The molecule has 0 saturated carbocycles. The van der Waals surface area contributed by atoms with Crippen molar-refractivity contribution < 1.29 is 9.47 Å². The van der Waals surface area contributed by atoms with E-state index in [1.165, 1.54) is 5.56 Å². The third-order valence-electron chi connectivity index (χ3n) is 5.52. The Hall–Kier alpha value is -1.68. The molecule has 1 fully saturated rings. The van der Waals surface area contributed by atoms with Crippen LogP contribution in [0.25, 0.3) is 0 Å². The molecule has 0 bridgehead atoms. The fraction of sp³-hybridized carbons (Fsp3) is 0.522. The lowest BCUT2D eigenvalue weighted by molar-refractivity contribution is 0.393. The van der Waals surface area contributed by atoms with Gasteiger partial charge in [-0.2, -0.15) is 11.3 Å². The van der Waals surface area contributed by atoms with E-state index in [2.05, 4.69) is 58.3 Å². The maximum Gasteiger partial charge on any atom is 0.191 e. The van der Waals surface area contributed by atoms with Crippen molar-refractivity contribution in [2.75, 3.05) is 45.3 Å². The lowest BCUT2D eigenvalue weighted by Gasteiger charge is -2.35. The molecule has 0 aliphatic carbocycles. The fourth-order valence-corrected chi connectivity index (χ4v) is 4.44. The second kappa shape index (κ2) is 13.0. The summed E-state index contributed by atoms with van der Waals surface area (Å²) in [6.45, 7) is 7.96. The van der Waals surface area contributed by atoms with E-state index >= 15 is 0 Å². The molecule has 0 radical (unpaired) electrons. The number of nitrogens with zero attached hydrogens (tertiary/aromatic N) is 2. The van der Waals surface area contributed by atoms with Crippen molar-refractivity contribution >= 4 is 47.0 Å². The monoisotopic (exact) mass is 558 g/mol. The highest BCUT2D eigenvalue weighted by molar-refractivity contribution is 14.0. The Balaban J connectivity index is 0.00000341. The van der Waals surface area contributed by atoms with Gasteiger partial charge in [0.2, 0.25) is 0 Å². The third-order valence-corrected chi connectivity index (χ3v) is 6.22. The van der Waals surface area contributed by atoms with Crippen LogP contribution in [-0.4, -0.2) is 52.4 Å². The minimum atomic E-state index is 0. The largest absolute Gasteiger partial charge is 0.497 e. The summed E-state index contributed by atoms with van der Waals surface area (Å²) in [6.07, 6.45) is 2.12. The maximum absolute atomic E-state index is 5.42. The maximum atomic E-state index is 5.42. The SMILES string of the molecule is CCNC(=NCC(C)c1ccsc1)NC1CCN(c2cc(OC)cc(OC)c2)CC1.I. The molecule has 6 nitrogen and oxygen atoms in total. The van der Waals surface area contributed by atoms with Gasteiger partial charge in [0.25, 0.3) is 0 Å². The van der Waals surface area contributed by atoms with Crippen LogP contribution >= 0.6 is 35.3 Å². The smallest absolute Gasteiger partial charge is 0.191 e. The van der Waals surface area contributed by atoms with Gasteiger partial charge in [0, 0.05) is 62.0 Å². The van der Waals surface area contributed by atoms with Crippen molar-refractivity contribution in [2.24, 2.45) is 4.99 Å². The van der Waals surface area contributed by atoms with Gasteiger partial charge in [0.1, 0.15) is 11.5 Å². The van der Waals surface area contributed by atoms with Crippen molar-refractivity contribution in [3.05, 3.63) is 40.6 Å². The Labute approximate surface area is 207 Å². The Kier molecular flexibility index (Phi) is 10.7. The van der Waals surface area contributed by atoms with Gasteiger partial charge in [-0.1, -0.05) is 6.92 Å². The van der Waals surface area contributed by atoms with Crippen molar-refractivity contribution in [3.63, 3.8) is 0 Å². The highest BCUT2D eigenvalue weighted by Gasteiger charge is 2.21. The van der Waals surface area contributed by atoms with Gasteiger partial charge in [-0.05, 0) is 42.2 Å². The van der Waals surface area contributed by atoms with Gasteiger partial charge in [-0.15, -0.1) is 24.0 Å². The predicted molar refractivity (Wildman–Crippen MR) is 142 cm³/mol. The third kappa shape index (κ3) is 7.45. The van der Waals surface area contributed by atoms with E-state index in [-0.39, 0.29) is 24.0 Å². The normalized spacial score (nSPS) is 15.7. The predicted octanol–water partition coefficient (Wildman–Crippen LogP) is 4.71. The number of aliphatic imine (C=N–C) groups is 1. The van der Waals surface area contributed by atoms with Crippen molar-refractivity contribution in [3.8, 4) is 11.5 Å². The zero-order chi connectivity index (χ0) is 21.3. The molecule has 2 aromatic rings. The fourth-order valence-electron chi connectivity index (χ4n) is 3.66. The first-order chi connectivity index (χ1) is 14.6. The number of methoxy groups -OCH3 is 2. The molecule has 2 heterocycles. The number of nitrogens with one attached hydrogen (secondary N) is 2. The Morgan fingerprint density at radius 1 is 1.19 bits per heavy atom. The number of guanidine groups is 1. The number of halogens is 1. The van der Waals surface area contributed by atoms with Crippen LogP contribution in [0.1, 0.15) is 38.2 Å². The molecule has 1 aliphatic heterocycles. The van der Waals surface area contributed by atoms with E-state index in [0.717, 1.165) is 62.2 Å². The van der Waals surface area contributed by atoms with Crippen LogP contribution in [0.3, 0.4) is 0 Å².